The first-order valence-electron chi connectivity index (χ1n) is 6.32. The first-order chi connectivity index (χ1) is 9.24. The molecule has 2 aromatic rings. The maximum absolute atomic E-state index is 9.40. The first-order valence-corrected chi connectivity index (χ1v) is 6.32. The molecule has 96 valence electrons. The third-order valence-corrected chi connectivity index (χ3v) is 3.22. The fourth-order valence-corrected chi connectivity index (χ4v) is 2.22. The lowest BCUT2D eigenvalue weighted by Gasteiger charge is -2.13. The SMILES string of the molecule is COc1ccccc1CC(C#N)c1cccc(C)c1. The van der Waals surface area contributed by atoms with Crippen LogP contribution in [-0.4, -0.2) is 7.11 Å². The van der Waals surface area contributed by atoms with Gasteiger partial charge >= 0.3 is 0 Å². The van der Waals surface area contributed by atoms with Gasteiger partial charge in [-0.25, -0.2) is 0 Å². The summed E-state index contributed by atoms with van der Waals surface area (Å²) in [7, 11) is 1.66. The molecule has 0 N–H and O–H groups in total. The van der Waals surface area contributed by atoms with Gasteiger partial charge in [0.1, 0.15) is 5.75 Å². The molecule has 2 rings (SSSR count). The van der Waals surface area contributed by atoms with E-state index >= 15 is 0 Å². The molecule has 0 aromatic heterocycles. The topological polar surface area (TPSA) is 33.0 Å². The molecule has 0 aliphatic heterocycles. The third kappa shape index (κ3) is 3.14. The Hall–Kier alpha value is -2.27. The van der Waals surface area contributed by atoms with Crippen molar-refractivity contribution in [1.82, 2.24) is 0 Å². The molecule has 0 saturated heterocycles. The Bertz CT molecular complexity index is 598. The van der Waals surface area contributed by atoms with Crippen molar-refractivity contribution < 1.29 is 4.74 Å². The van der Waals surface area contributed by atoms with Crippen LogP contribution in [0.4, 0.5) is 0 Å². The quantitative estimate of drug-likeness (QED) is 0.826. The summed E-state index contributed by atoms with van der Waals surface area (Å²) in [6.07, 6.45) is 0.671. The van der Waals surface area contributed by atoms with Gasteiger partial charge in [-0.1, -0.05) is 48.0 Å². The van der Waals surface area contributed by atoms with Gasteiger partial charge in [0.05, 0.1) is 19.1 Å². The molecule has 0 fully saturated rings. The molecule has 0 amide bonds. The van der Waals surface area contributed by atoms with E-state index in [-0.39, 0.29) is 5.92 Å². The third-order valence-electron chi connectivity index (χ3n) is 3.22. The van der Waals surface area contributed by atoms with Gasteiger partial charge in [-0.3, -0.25) is 0 Å². The Morgan fingerprint density at radius 1 is 1.16 bits per heavy atom. The summed E-state index contributed by atoms with van der Waals surface area (Å²) in [5, 5.41) is 9.40. The van der Waals surface area contributed by atoms with Gasteiger partial charge in [-0.05, 0) is 30.5 Å². The molecule has 0 aliphatic carbocycles. The van der Waals surface area contributed by atoms with Crippen LogP contribution >= 0.6 is 0 Å². The van der Waals surface area contributed by atoms with Gasteiger partial charge in [0.2, 0.25) is 0 Å². The molecule has 0 spiro atoms. The van der Waals surface area contributed by atoms with Gasteiger partial charge in [-0.2, -0.15) is 5.26 Å². The second-order valence-corrected chi connectivity index (χ2v) is 4.61. The number of hydrogen-bond donors (Lipinski definition) is 0. The minimum absolute atomic E-state index is 0.142. The molecule has 2 nitrogen and oxygen atoms in total. The van der Waals surface area contributed by atoms with Crippen molar-refractivity contribution in [3.8, 4) is 11.8 Å². The zero-order chi connectivity index (χ0) is 13.7. The lowest BCUT2D eigenvalue weighted by atomic mass is 9.92. The molecule has 0 heterocycles. The summed E-state index contributed by atoms with van der Waals surface area (Å²) in [5.41, 5.74) is 3.31. The van der Waals surface area contributed by atoms with Crippen LogP contribution in [0.25, 0.3) is 0 Å². The van der Waals surface area contributed by atoms with Crippen LogP contribution in [0.15, 0.2) is 48.5 Å². The van der Waals surface area contributed by atoms with Crippen molar-refractivity contribution in [2.75, 3.05) is 7.11 Å². The molecular formula is C17H17NO. The number of aryl methyl sites for hydroxylation is 1. The minimum atomic E-state index is -0.142. The predicted octanol–water partition coefficient (Wildman–Crippen LogP) is 3.85. The molecular weight excluding hydrogens is 234 g/mol. The number of nitriles is 1. The van der Waals surface area contributed by atoms with Crippen molar-refractivity contribution in [3.63, 3.8) is 0 Å². The second-order valence-electron chi connectivity index (χ2n) is 4.61. The van der Waals surface area contributed by atoms with Crippen molar-refractivity contribution in [3.05, 3.63) is 65.2 Å². The summed E-state index contributed by atoms with van der Waals surface area (Å²) in [6, 6.07) is 18.4. The highest BCUT2D eigenvalue weighted by atomic mass is 16.5. The van der Waals surface area contributed by atoms with E-state index in [1.165, 1.54) is 5.56 Å². The standard InChI is InChI=1S/C17H17NO/c1-13-6-5-8-14(10-13)16(12-18)11-15-7-3-4-9-17(15)19-2/h3-10,16H,11H2,1-2H3. The van der Waals surface area contributed by atoms with Crippen LogP contribution in [0.3, 0.4) is 0 Å². The zero-order valence-corrected chi connectivity index (χ0v) is 11.3. The number of methoxy groups -OCH3 is 1. The minimum Gasteiger partial charge on any atom is -0.496 e. The molecule has 0 radical (unpaired) electrons. The van der Waals surface area contributed by atoms with E-state index in [1.54, 1.807) is 7.11 Å². The van der Waals surface area contributed by atoms with Crippen molar-refractivity contribution in [1.29, 1.82) is 5.26 Å². The normalized spacial score (nSPS) is 11.6. The molecule has 0 bridgehead atoms. The summed E-state index contributed by atoms with van der Waals surface area (Å²) in [6.45, 7) is 2.04. The fourth-order valence-electron chi connectivity index (χ4n) is 2.22. The fraction of sp³-hybridized carbons (Fsp3) is 0.235. The van der Waals surface area contributed by atoms with Gasteiger partial charge in [0, 0.05) is 0 Å². The van der Waals surface area contributed by atoms with Gasteiger partial charge in [-0.15, -0.1) is 0 Å². The summed E-state index contributed by atoms with van der Waals surface area (Å²) in [5.74, 6) is 0.701. The van der Waals surface area contributed by atoms with Crippen LogP contribution in [0.1, 0.15) is 22.6 Å². The van der Waals surface area contributed by atoms with Gasteiger partial charge in [0.25, 0.3) is 0 Å². The first kappa shape index (κ1) is 13.2. The molecule has 19 heavy (non-hydrogen) atoms. The van der Waals surface area contributed by atoms with Gasteiger partial charge < -0.3 is 4.74 Å². The van der Waals surface area contributed by atoms with Crippen LogP contribution in [0, 0.1) is 18.3 Å². The smallest absolute Gasteiger partial charge is 0.122 e. The van der Waals surface area contributed by atoms with Crippen LogP contribution in [0.5, 0.6) is 5.75 Å². The molecule has 2 heteroatoms. The van der Waals surface area contributed by atoms with E-state index < -0.39 is 0 Å². The Balaban J connectivity index is 2.27. The Labute approximate surface area is 114 Å². The predicted molar refractivity (Wildman–Crippen MR) is 76.2 cm³/mol. The Morgan fingerprint density at radius 3 is 2.63 bits per heavy atom. The van der Waals surface area contributed by atoms with E-state index in [0.717, 1.165) is 16.9 Å². The van der Waals surface area contributed by atoms with Crippen LogP contribution in [-0.2, 0) is 6.42 Å². The van der Waals surface area contributed by atoms with E-state index in [9.17, 15) is 5.26 Å². The molecule has 1 atom stereocenters. The van der Waals surface area contributed by atoms with E-state index in [4.69, 9.17) is 4.74 Å². The average Bonchev–Trinajstić information content (AvgIpc) is 2.45. The maximum atomic E-state index is 9.40. The number of hydrogen-bond acceptors (Lipinski definition) is 2. The largest absolute Gasteiger partial charge is 0.496 e. The number of benzene rings is 2. The Morgan fingerprint density at radius 2 is 1.95 bits per heavy atom. The zero-order valence-electron chi connectivity index (χ0n) is 11.3. The van der Waals surface area contributed by atoms with E-state index in [2.05, 4.69) is 12.1 Å². The average molecular weight is 251 g/mol. The number of para-hydroxylation sites is 1. The maximum Gasteiger partial charge on any atom is 0.122 e. The molecule has 2 aromatic carbocycles. The van der Waals surface area contributed by atoms with Gasteiger partial charge in [0.15, 0.2) is 0 Å². The molecule has 1 unspecified atom stereocenters. The van der Waals surface area contributed by atoms with E-state index in [1.807, 2.05) is 49.4 Å². The van der Waals surface area contributed by atoms with Crippen molar-refractivity contribution in [2.45, 2.75) is 19.3 Å². The lowest BCUT2D eigenvalue weighted by molar-refractivity contribution is 0.409. The summed E-state index contributed by atoms with van der Waals surface area (Å²) < 4.78 is 5.34. The highest BCUT2D eigenvalue weighted by Crippen LogP contribution is 2.26. The van der Waals surface area contributed by atoms with Crippen molar-refractivity contribution >= 4 is 0 Å². The highest BCUT2D eigenvalue weighted by Gasteiger charge is 2.14. The summed E-state index contributed by atoms with van der Waals surface area (Å²) >= 11 is 0. The number of ether oxygens (including phenoxy) is 1. The van der Waals surface area contributed by atoms with Crippen molar-refractivity contribution in [2.24, 2.45) is 0 Å². The second kappa shape index (κ2) is 6.06. The molecule has 0 saturated carbocycles. The lowest BCUT2D eigenvalue weighted by Crippen LogP contribution is -2.02. The summed E-state index contributed by atoms with van der Waals surface area (Å²) in [4.78, 5) is 0. The monoisotopic (exact) mass is 251 g/mol. The Kier molecular flexibility index (Phi) is 4.20. The number of nitrogens with zero attached hydrogens (tertiary/aromatic N) is 1. The highest BCUT2D eigenvalue weighted by molar-refractivity contribution is 5.37. The number of rotatable bonds is 4. The molecule has 0 aliphatic rings. The van der Waals surface area contributed by atoms with Crippen LogP contribution < -0.4 is 4.74 Å². The van der Waals surface area contributed by atoms with E-state index in [0.29, 0.717) is 6.42 Å². The van der Waals surface area contributed by atoms with Crippen LogP contribution in [0.2, 0.25) is 0 Å².